The molecular formula is C27H43N3O. The minimum absolute atomic E-state index is 0.00536. The van der Waals surface area contributed by atoms with E-state index in [1.165, 1.54) is 83.5 Å². The number of unbranched alkanes of at least 4 members (excludes halogenated alkanes) is 14. The van der Waals surface area contributed by atoms with Gasteiger partial charge >= 0.3 is 0 Å². The Morgan fingerprint density at radius 1 is 0.839 bits per heavy atom. The van der Waals surface area contributed by atoms with Crippen molar-refractivity contribution in [2.45, 2.75) is 110 Å². The largest absolute Gasteiger partial charge is 0.361 e. The van der Waals surface area contributed by atoms with Crippen LogP contribution in [0.15, 0.2) is 35.6 Å². The molecule has 0 radical (unpaired) electrons. The van der Waals surface area contributed by atoms with Crippen molar-refractivity contribution in [2.24, 2.45) is 5.10 Å². The Morgan fingerprint density at radius 3 is 2.00 bits per heavy atom. The third kappa shape index (κ3) is 11.2. The lowest BCUT2D eigenvalue weighted by molar-refractivity contribution is -0.121. The van der Waals surface area contributed by atoms with Crippen molar-refractivity contribution >= 4 is 23.0 Å². The molecule has 0 aliphatic heterocycles. The maximum atomic E-state index is 11.9. The number of para-hydroxylation sites is 1. The van der Waals surface area contributed by atoms with Crippen LogP contribution in [0.5, 0.6) is 0 Å². The second kappa shape index (κ2) is 16.6. The highest BCUT2D eigenvalue weighted by Gasteiger charge is 2.02. The van der Waals surface area contributed by atoms with Gasteiger partial charge in [-0.1, -0.05) is 115 Å². The Hall–Kier alpha value is -2.10. The van der Waals surface area contributed by atoms with Gasteiger partial charge in [0.05, 0.1) is 6.21 Å². The summed E-state index contributed by atoms with van der Waals surface area (Å²) in [5.74, 6) is 0.00536. The number of hydrogen-bond acceptors (Lipinski definition) is 2. The van der Waals surface area contributed by atoms with E-state index >= 15 is 0 Å². The molecule has 0 saturated carbocycles. The molecule has 0 spiro atoms. The smallest absolute Gasteiger partial charge is 0.240 e. The first-order valence-corrected chi connectivity index (χ1v) is 12.7. The summed E-state index contributed by atoms with van der Waals surface area (Å²) in [6.07, 6.45) is 24.2. The molecular weight excluding hydrogens is 382 g/mol. The molecule has 0 saturated heterocycles. The first-order valence-electron chi connectivity index (χ1n) is 12.7. The zero-order valence-electron chi connectivity index (χ0n) is 19.6. The minimum atomic E-state index is 0.00536. The first-order chi connectivity index (χ1) is 15.3. The number of H-pyrrole nitrogens is 1. The molecule has 1 aromatic heterocycles. The Kier molecular flexibility index (Phi) is 13.5. The van der Waals surface area contributed by atoms with Gasteiger partial charge in [0, 0.05) is 29.1 Å². The van der Waals surface area contributed by atoms with Gasteiger partial charge in [0.15, 0.2) is 0 Å². The van der Waals surface area contributed by atoms with E-state index < -0.39 is 0 Å². The van der Waals surface area contributed by atoms with Crippen LogP contribution in [-0.4, -0.2) is 17.1 Å². The van der Waals surface area contributed by atoms with Gasteiger partial charge < -0.3 is 4.98 Å². The van der Waals surface area contributed by atoms with Gasteiger partial charge in [-0.3, -0.25) is 4.79 Å². The van der Waals surface area contributed by atoms with Crippen molar-refractivity contribution in [3.8, 4) is 0 Å². The Labute approximate surface area is 189 Å². The third-order valence-corrected chi connectivity index (χ3v) is 6.02. The van der Waals surface area contributed by atoms with Crippen molar-refractivity contribution in [3.63, 3.8) is 0 Å². The van der Waals surface area contributed by atoms with E-state index in [-0.39, 0.29) is 5.91 Å². The SMILES string of the molecule is CCCCCCCCCCCCCCCCCC(=O)N/N=C/c1c[nH]c2ccccc12. The average Bonchev–Trinajstić information content (AvgIpc) is 3.19. The van der Waals surface area contributed by atoms with E-state index in [0.717, 1.165) is 29.3 Å². The van der Waals surface area contributed by atoms with Crippen LogP contribution in [0.3, 0.4) is 0 Å². The van der Waals surface area contributed by atoms with Crippen LogP contribution in [0, 0.1) is 0 Å². The van der Waals surface area contributed by atoms with E-state index in [1.807, 2.05) is 30.5 Å². The van der Waals surface area contributed by atoms with Gasteiger partial charge in [-0.25, -0.2) is 5.43 Å². The highest BCUT2D eigenvalue weighted by molar-refractivity contribution is 5.99. The Morgan fingerprint density at radius 2 is 1.39 bits per heavy atom. The molecule has 172 valence electrons. The van der Waals surface area contributed by atoms with Crippen molar-refractivity contribution in [2.75, 3.05) is 0 Å². The van der Waals surface area contributed by atoms with E-state index in [1.54, 1.807) is 6.21 Å². The number of fused-ring (bicyclic) bond motifs is 1. The fourth-order valence-electron chi connectivity index (χ4n) is 4.09. The van der Waals surface area contributed by atoms with Crippen LogP contribution in [0.4, 0.5) is 0 Å². The number of rotatable bonds is 18. The molecule has 1 heterocycles. The number of nitrogens with zero attached hydrogens (tertiary/aromatic N) is 1. The van der Waals surface area contributed by atoms with Gasteiger partial charge in [-0.05, 0) is 12.5 Å². The number of hydrazone groups is 1. The Balaban J connectivity index is 1.38. The summed E-state index contributed by atoms with van der Waals surface area (Å²) in [6, 6.07) is 8.08. The second-order valence-electron chi connectivity index (χ2n) is 8.78. The minimum Gasteiger partial charge on any atom is -0.361 e. The molecule has 31 heavy (non-hydrogen) atoms. The van der Waals surface area contributed by atoms with Gasteiger partial charge in [0.2, 0.25) is 5.91 Å². The van der Waals surface area contributed by atoms with Crippen molar-refractivity contribution in [1.82, 2.24) is 10.4 Å². The van der Waals surface area contributed by atoms with Crippen LogP contribution in [0.1, 0.15) is 115 Å². The predicted octanol–water partition coefficient (Wildman–Crippen LogP) is 7.88. The summed E-state index contributed by atoms with van der Waals surface area (Å²) < 4.78 is 0. The molecule has 0 atom stereocenters. The number of aromatic amines is 1. The summed E-state index contributed by atoms with van der Waals surface area (Å²) in [6.45, 7) is 2.28. The normalized spacial score (nSPS) is 11.5. The molecule has 0 aliphatic carbocycles. The second-order valence-corrected chi connectivity index (χ2v) is 8.78. The molecule has 1 amide bonds. The van der Waals surface area contributed by atoms with E-state index in [2.05, 4.69) is 22.4 Å². The number of carbonyl (C=O) groups excluding carboxylic acids is 1. The fraction of sp³-hybridized carbons (Fsp3) is 0.630. The molecule has 0 fully saturated rings. The molecule has 0 aliphatic rings. The van der Waals surface area contributed by atoms with Crippen molar-refractivity contribution in [3.05, 3.63) is 36.0 Å². The highest BCUT2D eigenvalue weighted by atomic mass is 16.2. The summed E-state index contributed by atoms with van der Waals surface area (Å²) in [7, 11) is 0. The maximum absolute atomic E-state index is 11.9. The van der Waals surface area contributed by atoms with Crippen molar-refractivity contribution < 1.29 is 4.79 Å². The monoisotopic (exact) mass is 425 g/mol. The number of amides is 1. The van der Waals surface area contributed by atoms with E-state index in [4.69, 9.17) is 0 Å². The number of benzene rings is 1. The van der Waals surface area contributed by atoms with Crippen LogP contribution in [0.2, 0.25) is 0 Å². The molecule has 4 heteroatoms. The zero-order chi connectivity index (χ0) is 22.0. The fourth-order valence-corrected chi connectivity index (χ4v) is 4.09. The van der Waals surface area contributed by atoms with Gasteiger partial charge in [-0.15, -0.1) is 0 Å². The summed E-state index contributed by atoms with van der Waals surface area (Å²) >= 11 is 0. The van der Waals surface area contributed by atoms with Crippen LogP contribution >= 0.6 is 0 Å². The number of aromatic nitrogens is 1. The lowest BCUT2D eigenvalue weighted by Gasteiger charge is -2.03. The van der Waals surface area contributed by atoms with Crippen LogP contribution in [0.25, 0.3) is 10.9 Å². The number of hydrogen-bond donors (Lipinski definition) is 2. The molecule has 2 N–H and O–H groups in total. The van der Waals surface area contributed by atoms with E-state index in [9.17, 15) is 4.79 Å². The quantitative estimate of drug-likeness (QED) is 0.142. The first kappa shape index (κ1) is 25.2. The molecule has 4 nitrogen and oxygen atoms in total. The summed E-state index contributed by atoms with van der Waals surface area (Å²) in [5, 5.41) is 5.22. The molecule has 2 rings (SSSR count). The average molecular weight is 426 g/mol. The van der Waals surface area contributed by atoms with Gasteiger partial charge in [0.1, 0.15) is 0 Å². The predicted molar refractivity (Wildman–Crippen MR) is 134 cm³/mol. The molecule has 2 aromatic rings. The summed E-state index contributed by atoms with van der Waals surface area (Å²) in [4.78, 5) is 15.1. The zero-order valence-corrected chi connectivity index (χ0v) is 19.6. The van der Waals surface area contributed by atoms with Gasteiger partial charge in [-0.2, -0.15) is 5.10 Å². The third-order valence-electron chi connectivity index (χ3n) is 6.02. The molecule has 0 bridgehead atoms. The van der Waals surface area contributed by atoms with Crippen LogP contribution < -0.4 is 5.43 Å². The Bertz CT molecular complexity index is 750. The number of nitrogens with one attached hydrogen (secondary N) is 2. The molecule has 0 unspecified atom stereocenters. The topological polar surface area (TPSA) is 57.2 Å². The van der Waals surface area contributed by atoms with E-state index in [0.29, 0.717) is 6.42 Å². The van der Waals surface area contributed by atoms with Gasteiger partial charge in [0.25, 0.3) is 0 Å². The number of carbonyl (C=O) groups is 1. The lowest BCUT2D eigenvalue weighted by atomic mass is 10.0. The maximum Gasteiger partial charge on any atom is 0.240 e. The molecule has 1 aromatic carbocycles. The standard InChI is InChI=1S/C27H43N3O/c1-2-3-4-5-6-7-8-9-10-11-12-13-14-15-16-21-27(31)30-29-23-24-22-28-26-20-18-17-19-25(24)26/h17-20,22-23,28H,2-16,21H2,1H3,(H,30,31)/b29-23+. The van der Waals surface area contributed by atoms with Crippen molar-refractivity contribution in [1.29, 1.82) is 0 Å². The van der Waals surface area contributed by atoms with Crippen LogP contribution in [-0.2, 0) is 4.79 Å². The lowest BCUT2D eigenvalue weighted by Crippen LogP contribution is -2.16. The highest BCUT2D eigenvalue weighted by Crippen LogP contribution is 2.16. The summed E-state index contributed by atoms with van der Waals surface area (Å²) in [5.41, 5.74) is 4.72.